The number of ether oxygens (including phenoxy) is 4. The van der Waals surface area contributed by atoms with Crippen molar-refractivity contribution in [1.82, 2.24) is 15.5 Å². The summed E-state index contributed by atoms with van der Waals surface area (Å²) in [6, 6.07) is 0.196. The van der Waals surface area contributed by atoms with Crippen molar-refractivity contribution in [3.8, 4) is 0 Å². The van der Waals surface area contributed by atoms with Gasteiger partial charge in [-0.25, -0.2) is 0 Å². The quantitative estimate of drug-likeness (QED) is 0.214. The van der Waals surface area contributed by atoms with Crippen LogP contribution in [0.25, 0.3) is 0 Å². The van der Waals surface area contributed by atoms with Crippen molar-refractivity contribution >= 4 is 55.0 Å². The van der Waals surface area contributed by atoms with Crippen molar-refractivity contribution in [1.29, 1.82) is 0 Å². The molecule has 3 rings (SSSR count). The van der Waals surface area contributed by atoms with Crippen molar-refractivity contribution in [2.45, 2.75) is 96.5 Å². The molecular formula is C21H39I2N3O8. The van der Waals surface area contributed by atoms with E-state index in [2.05, 4.69) is 47.9 Å². The fourth-order valence-electron chi connectivity index (χ4n) is 2.77. The topological polar surface area (TPSA) is 136 Å². The second kappa shape index (κ2) is 14.4. The minimum Gasteiger partial charge on any atom is -0.381 e. The average molecular weight is 715 g/mol. The van der Waals surface area contributed by atoms with Crippen LogP contribution in [0.5, 0.6) is 0 Å². The van der Waals surface area contributed by atoms with Crippen LogP contribution in [0.15, 0.2) is 0 Å². The monoisotopic (exact) mass is 715 g/mol. The number of halogens is 2. The highest BCUT2D eigenvalue weighted by atomic mass is 128. The molecule has 0 radical (unpaired) electrons. The maximum Gasteiger partial charge on any atom is 0.254 e. The van der Waals surface area contributed by atoms with Crippen LogP contribution >= 0.6 is 37.2 Å². The zero-order chi connectivity index (χ0) is 27.0. The number of aliphatic hydroxyl groups excluding tert-OH is 1. The van der Waals surface area contributed by atoms with Gasteiger partial charge in [-0.1, -0.05) is 0 Å². The van der Waals surface area contributed by atoms with E-state index in [0.717, 1.165) is 0 Å². The number of hydrogen-bond donors (Lipinski definition) is 3. The van der Waals surface area contributed by atoms with Crippen molar-refractivity contribution < 1.29 is 38.4 Å². The van der Waals surface area contributed by atoms with Crippen LogP contribution in [0.2, 0.25) is 0 Å². The summed E-state index contributed by atoms with van der Waals surface area (Å²) in [6.45, 7) is 12.8. The largest absolute Gasteiger partial charge is 0.381 e. The molecule has 3 fully saturated rings. The molecule has 0 aliphatic carbocycles. The molecule has 13 heteroatoms. The van der Waals surface area contributed by atoms with Gasteiger partial charge in [-0.15, -0.1) is 0 Å². The predicted molar refractivity (Wildman–Crippen MR) is 143 cm³/mol. The van der Waals surface area contributed by atoms with Gasteiger partial charge in [0.05, 0.1) is 18.1 Å². The summed E-state index contributed by atoms with van der Waals surface area (Å²) in [4.78, 5) is 34.0. The van der Waals surface area contributed by atoms with Gasteiger partial charge in [-0.05, 0) is 48.5 Å². The van der Waals surface area contributed by atoms with Crippen molar-refractivity contribution in [3.05, 3.63) is 0 Å². The molecule has 0 saturated carbocycles. The summed E-state index contributed by atoms with van der Waals surface area (Å²) in [6.07, 6.45) is -1.46. The number of likely N-dealkylation sites (tertiary alicyclic amines) is 1. The molecule has 3 aliphatic heterocycles. The predicted octanol–water partition coefficient (Wildman–Crippen LogP) is 1.52. The second-order valence-corrected chi connectivity index (χ2v) is 9.01. The van der Waals surface area contributed by atoms with Gasteiger partial charge in [0.15, 0.2) is 29.9 Å². The molecule has 0 bridgehead atoms. The molecule has 0 spiro atoms. The number of hydrogen-bond acceptors (Lipinski definition) is 8. The number of carbonyl (C=O) groups excluding carboxylic acids is 3. The average Bonchev–Trinajstić information content (AvgIpc) is 2.82. The summed E-state index contributed by atoms with van der Waals surface area (Å²) in [7, 11) is 4.89. The number of nitrogens with zero attached hydrogens (tertiary/aromatic N) is 1. The lowest BCUT2D eigenvalue weighted by Gasteiger charge is -2.45. The number of carbonyl (C=O) groups is 3. The molecule has 3 N–H and O–H groups in total. The summed E-state index contributed by atoms with van der Waals surface area (Å²) >= 11 is 4.24. The Morgan fingerprint density at radius 2 is 1.24 bits per heavy atom. The Morgan fingerprint density at radius 3 is 1.47 bits per heavy atom. The molecule has 34 heavy (non-hydrogen) atoms. The van der Waals surface area contributed by atoms with E-state index >= 15 is 0 Å². The molecular weight excluding hydrogens is 676 g/mol. The van der Waals surface area contributed by atoms with Gasteiger partial charge in [-0.2, -0.15) is 0 Å². The smallest absolute Gasteiger partial charge is 0.254 e. The van der Waals surface area contributed by atoms with Gasteiger partial charge in [0.25, 0.3) is 17.7 Å². The Hall–Kier alpha value is -0.330. The zero-order valence-corrected chi connectivity index (χ0v) is 25.8. The Kier molecular flexibility index (Phi) is 14.3. The van der Waals surface area contributed by atoms with E-state index < -0.39 is 17.7 Å². The van der Waals surface area contributed by atoms with Crippen LogP contribution in [-0.2, 0) is 33.3 Å². The van der Waals surface area contributed by atoms with E-state index in [1.54, 1.807) is 60.8 Å². The minimum absolute atomic E-state index is 0.0256. The molecule has 3 heterocycles. The number of methoxy groups -OCH3 is 2. The molecule has 11 nitrogen and oxygen atoms in total. The van der Waals surface area contributed by atoms with Gasteiger partial charge in [-0.3, -0.25) is 14.4 Å². The maximum atomic E-state index is 11.3. The van der Waals surface area contributed by atoms with Gasteiger partial charge in [0.1, 0.15) is 0 Å². The number of likely N-dealkylation sites (N-methyl/N-ethyl adjacent to an activating group) is 1. The Labute approximate surface area is 225 Å². The van der Waals surface area contributed by atoms with E-state index in [9.17, 15) is 14.4 Å². The highest BCUT2D eigenvalue weighted by Crippen LogP contribution is 2.25. The van der Waals surface area contributed by atoms with E-state index in [1.807, 2.05) is 13.8 Å². The normalized spacial score (nSPS) is 29.8. The lowest BCUT2D eigenvalue weighted by atomic mass is 10.0. The van der Waals surface area contributed by atoms with Crippen LogP contribution in [0.4, 0.5) is 0 Å². The number of aliphatic hydroxyl groups is 1. The minimum atomic E-state index is -0.750. The molecule has 6 unspecified atom stereocenters. The van der Waals surface area contributed by atoms with E-state index in [-0.39, 0.29) is 48.1 Å². The van der Waals surface area contributed by atoms with Gasteiger partial charge < -0.3 is 39.6 Å². The fourth-order valence-corrected chi connectivity index (χ4v) is 2.77. The summed E-state index contributed by atoms with van der Waals surface area (Å²) in [5.41, 5.74) is 0. The first-order chi connectivity index (χ1) is 15.6. The van der Waals surface area contributed by atoms with Gasteiger partial charge >= 0.3 is 0 Å². The zero-order valence-electron chi connectivity index (χ0n) is 21.5. The van der Waals surface area contributed by atoms with Gasteiger partial charge in [0.2, 0.25) is 0 Å². The van der Waals surface area contributed by atoms with E-state index in [1.165, 1.54) is 0 Å². The molecule has 0 aromatic heterocycles. The molecule has 0 aromatic carbocycles. The fraction of sp³-hybridized carbons (Fsp3) is 0.857. The van der Waals surface area contributed by atoms with Crippen molar-refractivity contribution in [2.24, 2.45) is 0 Å². The number of rotatable bonds is 6. The third-order valence-corrected chi connectivity index (χ3v) is 5.64. The third kappa shape index (κ3) is 9.61. The van der Waals surface area contributed by atoms with Crippen LogP contribution in [0, 0.1) is 0 Å². The molecule has 3 aliphatic rings. The maximum absolute atomic E-state index is 11.3. The van der Waals surface area contributed by atoms with Crippen LogP contribution in [0.3, 0.4) is 0 Å². The lowest BCUT2D eigenvalue weighted by molar-refractivity contribution is -0.250. The van der Waals surface area contributed by atoms with Crippen LogP contribution in [-0.4, -0.2) is 97.0 Å². The first kappa shape index (κ1) is 33.7. The lowest BCUT2D eigenvalue weighted by Crippen LogP contribution is -2.64. The SMILES string of the molecule is CC1NC(=O)C1O.COC(C)(C)OC1C(=O)N(C)C1C.COC(C)(C)OC1C(=O)NC1C.II. The first-order valence-electron chi connectivity index (χ1n) is 10.7. The molecule has 6 atom stereocenters. The summed E-state index contributed by atoms with van der Waals surface area (Å²) < 4.78 is 21.0. The summed E-state index contributed by atoms with van der Waals surface area (Å²) in [5, 5.41) is 13.7. The van der Waals surface area contributed by atoms with E-state index in [4.69, 9.17) is 24.1 Å². The molecule has 3 saturated heterocycles. The molecule has 3 amide bonds. The summed E-state index contributed by atoms with van der Waals surface area (Å²) in [5.74, 6) is -1.66. The van der Waals surface area contributed by atoms with Crippen molar-refractivity contribution in [3.63, 3.8) is 0 Å². The van der Waals surface area contributed by atoms with Crippen LogP contribution in [0.1, 0.15) is 48.5 Å². The highest BCUT2D eigenvalue weighted by Gasteiger charge is 2.45. The molecule has 200 valence electrons. The number of nitrogens with one attached hydrogen (secondary N) is 2. The third-order valence-electron chi connectivity index (χ3n) is 5.64. The molecule has 0 aromatic rings. The Bertz CT molecular complexity index is 695. The number of β-lactam (4-membered cyclic amide) rings is 3. The Morgan fingerprint density at radius 1 is 0.824 bits per heavy atom. The van der Waals surface area contributed by atoms with Gasteiger partial charge in [0, 0.05) is 58.5 Å². The second-order valence-electron chi connectivity index (χ2n) is 9.01. The van der Waals surface area contributed by atoms with Crippen LogP contribution < -0.4 is 10.6 Å². The Balaban J connectivity index is 0.000000480. The highest BCUT2D eigenvalue weighted by molar-refractivity contribution is 15.0. The van der Waals surface area contributed by atoms with Crippen molar-refractivity contribution in [2.75, 3.05) is 21.3 Å². The first-order valence-corrected chi connectivity index (χ1v) is 17.0. The standard InChI is InChI=1S/C9H17NO3.C8H15NO3.C4H7NO2.I2/c1-6-7(8(11)10(6)4)13-9(2,3)12-5;1-5-6(7(10)9-5)12-8(2,3)11-4;1-2-3(6)4(7)5-2;1-2/h6-7H,1-5H3;5-6H,1-4H3,(H,9,10);2-3,6H,1H3,(H,5,7);. The number of amides is 3. The van der Waals surface area contributed by atoms with E-state index in [0.29, 0.717) is 0 Å².